The van der Waals surface area contributed by atoms with Crippen molar-refractivity contribution in [1.29, 1.82) is 0 Å². The zero-order valence-corrected chi connectivity index (χ0v) is 25.8. The zero-order chi connectivity index (χ0) is 30.3. The first-order valence-electron chi connectivity index (χ1n) is 14.3. The number of methoxy groups -OCH3 is 1. The molecule has 0 aliphatic heterocycles. The Labute approximate surface area is 249 Å². The standard InChI is InChI=1S/C34H40N2O5Si/c1-6-14-31(33(38)40-2)36(23-42(3,4)5)32(37)30(21-24-15-8-7-9-16-24)35-34(39)41-22-29-27-19-12-10-17-25(27)26-18-11-13-20-28(26)29/h6-13,15-20,29-31H,1,14,21-23H2,2-5H3,(H,35,39)/t30-,31-/m0/s1. The van der Waals surface area contributed by atoms with Crippen molar-refractivity contribution < 1.29 is 23.9 Å². The van der Waals surface area contributed by atoms with E-state index < -0.39 is 32.2 Å². The van der Waals surface area contributed by atoms with Crippen molar-refractivity contribution in [3.63, 3.8) is 0 Å². The number of carbonyl (C=O) groups excluding carboxylic acids is 3. The molecule has 220 valence electrons. The number of benzene rings is 3. The van der Waals surface area contributed by atoms with Gasteiger partial charge in [0.1, 0.15) is 18.7 Å². The Balaban J connectivity index is 1.58. The third-order valence-corrected chi connectivity index (χ3v) is 8.67. The lowest BCUT2D eigenvalue weighted by atomic mass is 9.98. The summed E-state index contributed by atoms with van der Waals surface area (Å²) in [4.78, 5) is 41.9. The summed E-state index contributed by atoms with van der Waals surface area (Å²) in [6.45, 7) is 10.3. The second kappa shape index (κ2) is 13.7. The first-order valence-corrected chi connectivity index (χ1v) is 18.0. The summed E-state index contributed by atoms with van der Waals surface area (Å²) in [5.74, 6) is -0.973. The van der Waals surface area contributed by atoms with Crippen LogP contribution in [-0.4, -0.2) is 62.9 Å². The van der Waals surface area contributed by atoms with E-state index in [4.69, 9.17) is 9.47 Å². The molecule has 1 N–H and O–H groups in total. The van der Waals surface area contributed by atoms with Gasteiger partial charge in [0.15, 0.2) is 0 Å². The van der Waals surface area contributed by atoms with Crippen molar-refractivity contribution in [1.82, 2.24) is 10.2 Å². The van der Waals surface area contributed by atoms with E-state index in [1.54, 1.807) is 11.0 Å². The van der Waals surface area contributed by atoms with Gasteiger partial charge in [-0.3, -0.25) is 4.79 Å². The second-order valence-electron chi connectivity index (χ2n) is 11.8. The molecule has 0 saturated heterocycles. The van der Waals surface area contributed by atoms with Crippen molar-refractivity contribution in [2.75, 3.05) is 19.9 Å². The molecule has 1 aliphatic carbocycles. The number of hydrogen-bond acceptors (Lipinski definition) is 5. The zero-order valence-electron chi connectivity index (χ0n) is 24.8. The van der Waals surface area contributed by atoms with Gasteiger partial charge in [0.05, 0.1) is 15.2 Å². The SMILES string of the molecule is C=CC[C@@H](C(=O)OC)N(C[Si](C)(C)C)C(=O)[C@H](Cc1ccccc1)NC(=O)OCC1c2ccccc2-c2ccccc21. The molecule has 3 aromatic carbocycles. The number of fused-ring (bicyclic) bond motifs is 3. The third-order valence-electron chi connectivity index (χ3n) is 7.38. The molecule has 0 fully saturated rings. The highest BCUT2D eigenvalue weighted by molar-refractivity contribution is 6.76. The van der Waals surface area contributed by atoms with E-state index in [2.05, 4.69) is 55.8 Å². The highest BCUT2D eigenvalue weighted by atomic mass is 28.3. The Hall–Kier alpha value is -4.17. The minimum atomic E-state index is -1.89. The van der Waals surface area contributed by atoms with E-state index in [9.17, 15) is 14.4 Å². The lowest BCUT2D eigenvalue weighted by Crippen LogP contribution is -2.58. The molecule has 0 spiro atoms. The van der Waals surface area contributed by atoms with E-state index in [0.29, 0.717) is 6.17 Å². The first-order chi connectivity index (χ1) is 20.1. The van der Waals surface area contributed by atoms with Crippen LogP contribution in [0.15, 0.2) is 91.5 Å². The summed E-state index contributed by atoms with van der Waals surface area (Å²) < 4.78 is 10.9. The minimum Gasteiger partial charge on any atom is -0.467 e. The summed E-state index contributed by atoms with van der Waals surface area (Å²) in [7, 11) is -0.581. The molecule has 0 aromatic heterocycles. The fourth-order valence-electron chi connectivity index (χ4n) is 5.53. The minimum absolute atomic E-state index is 0.105. The Morgan fingerprint density at radius 2 is 1.50 bits per heavy atom. The predicted molar refractivity (Wildman–Crippen MR) is 168 cm³/mol. The molecular formula is C34H40N2O5Si. The van der Waals surface area contributed by atoms with Crippen molar-refractivity contribution in [2.45, 2.75) is 50.5 Å². The first kappa shape index (κ1) is 30.8. The maximum atomic E-state index is 14.2. The molecule has 3 aromatic rings. The van der Waals surface area contributed by atoms with Crippen LogP contribution < -0.4 is 5.32 Å². The monoisotopic (exact) mass is 584 g/mol. The van der Waals surface area contributed by atoms with E-state index in [-0.39, 0.29) is 31.3 Å². The number of nitrogens with one attached hydrogen (secondary N) is 1. The van der Waals surface area contributed by atoms with Crippen LogP contribution in [0.2, 0.25) is 19.6 Å². The van der Waals surface area contributed by atoms with Crippen molar-refractivity contribution in [2.24, 2.45) is 0 Å². The molecule has 2 atom stereocenters. The lowest BCUT2D eigenvalue weighted by molar-refractivity contribution is -0.152. The predicted octanol–water partition coefficient (Wildman–Crippen LogP) is 5.96. The van der Waals surface area contributed by atoms with E-state index in [0.717, 1.165) is 27.8 Å². The van der Waals surface area contributed by atoms with Gasteiger partial charge in [-0.15, -0.1) is 6.58 Å². The number of nitrogens with zero attached hydrogens (tertiary/aromatic N) is 1. The summed E-state index contributed by atoms with van der Waals surface area (Å²) in [5.41, 5.74) is 5.36. The molecule has 4 rings (SSSR count). The van der Waals surface area contributed by atoms with E-state index >= 15 is 0 Å². The summed E-state index contributed by atoms with van der Waals surface area (Å²) in [5, 5.41) is 2.84. The van der Waals surface area contributed by atoms with Gasteiger partial charge in [-0.05, 0) is 34.2 Å². The molecule has 0 unspecified atom stereocenters. The molecule has 0 saturated carbocycles. The smallest absolute Gasteiger partial charge is 0.407 e. The Morgan fingerprint density at radius 3 is 2.05 bits per heavy atom. The number of alkyl carbamates (subject to hydrolysis) is 1. The maximum absolute atomic E-state index is 14.2. The van der Waals surface area contributed by atoms with Crippen LogP contribution in [0.4, 0.5) is 4.79 Å². The molecule has 7 nitrogen and oxygen atoms in total. The fourth-order valence-corrected chi connectivity index (χ4v) is 6.93. The topological polar surface area (TPSA) is 84.9 Å². The number of rotatable bonds is 12. The largest absolute Gasteiger partial charge is 0.467 e. The average Bonchev–Trinajstić information content (AvgIpc) is 3.30. The van der Waals surface area contributed by atoms with Crippen LogP contribution in [0.25, 0.3) is 11.1 Å². The van der Waals surface area contributed by atoms with Crippen LogP contribution in [0.1, 0.15) is 29.0 Å². The molecule has 8 heteroatoms. The molecule has 42 heavy (non-hydrogen) atoms. The summed E-state index contributed by atoms with van der Waals surface area (Å²) in [6.07, 6.45) is 1.83. The van der Waals surface area contributed by atoms with Gasteiger partial charge >= 0.3 is 12.1 Å². The van der Waals surface area contributed by atoms with Gasteiger partial charge in [0, 0.05) is 18.5 Å². The lowest BCUT2D eigenvalue weighted by Gasteiger charge is -2.36. The molecule has 1 aliphatic rings. The fraction of sp³-hybridized carbons (Fsp3) is 0.324. The Kier molecular flexibility index (Phi) is 10.0. The van der Waals surface area contributed by atoms with Crippen LogP contribution >= 0.6 is 0 Å². The van der Waals surface area contributed by atoms with Gasteiger partial charge < -0.3 is 19.7 Å². The van der Waals surface area contributed by atoms with Gasteiger partial charge in [0.25, 0.3) is 0 Å². The summed E-state index contributed by atoms with van der Waals surface area (Å²) >= 11 is 0. The number of hydrogen-bond donors (Lipinski definition) is 1. The van der Waals surface area contributed by atoms with E-state index in [1.165, 1.54) is 7.11 Å². The highest BCUT2D eigenvalue weighted by Gasteiger charge is 2.37. The maximum Gasteiger partial charge on any atom is 0.407 e. The van der Waals surface area contributed by atoms with Crippen molar-refractivity contribution in [3.8, 4) is 11.1 Å². The van der Waals surface area contributed by atoms with E-state index in [1.807, 2.05) is 54.6 Å². The number of amides is 2. The van der Waals surface area contributed by atoms with Crippen LogP contribution in [0.3, 0.4) is 0 Å². The Bertz CT molecular complexity index is 1370. The molecule has 0 radical (unpaired) electrons. The average molecular weight is 585 g/mol. The van der Waals surface area contributed by atoms with Crippen molar-refractivity contribution >= 4 is 26.0 Å². The van der Waals surface area contributed by atoms with Gasteiger partial charge in [-0.2, -0.15) is 0 Å². The Morgan fingerprint density at radius 1 is 0.929 bits per heavy atom. The second-order valence-corrected chi connectivity index (χ2v) is 17.2. The number of carbonyl (C=O) groups is 3. The van der Waals surface area contributed by atoms with Gasteiger partial charge in [-0.1, -0.05) is 105 Å². The van der Waals surface area contributed by atoms with Gasteiger partial charge in [-0.25, -0.2) is 9.59 Å². The van der Waals surface area contributed by atoms with Gasteiger partial charge in [0.2, 0.25) is 5.91 Å². The molecule has 0 bridgehead atoms. The molecular weight excluding hydrogens is 544 g/mol. The third kappa shape index (κ3) is 7.36. The number of ether oxygens (including phenoxy) is 2. The number of esters is 1. The molecule has 0 heterocycles. The van der Waals surface area contributed by atoms with Crippen molar-refractivity contribution in [3.05, 3.63) is 108 Å². The summed E-state index contributed by atoms with van der Waals surface area (Å²) in [6, 6.07) is 24.0. The quantitative estimate of drug-likeness (QED) is 0.161. The molecule has 2 amide bonds. The van der Waals surface area contributed by atoms with Crippen LogP contribution in [-0.2, 0) is 25.5 Å². The van der Waals surface area contributed by atoms with Crippen LogP contribution in [0.5, 0.6) is 0 Å². The van der Waals surface area contributed by atoms with Crippen LogP contribution in [0, 0.1) is 0 Å². The normalized spacial score (nSPS) is 13.7. The highest BCUT2D eigenvalue weighted by Crippen LogP contribution is 2.44.